The fourth-order valence-corrected chi connectivity index (χ4v) is 3.55. The number of hydrogen-bond acceptors (Lipinski definition) is 4. The molecule has 0 spiro atoms. The highest BCUT2D eigenvalue weighted by Crippen LogP contribution is 2.22. The predicted octanol–water partition coefficient (Wildman–Crippen LogP) is 2.42. The van der Waals surface area contributed by atoms with Crippen LogP contribution in [0.2, 0.25) is 0 Å². The average Bonchev–Trinajstić information content (AvgIpc) is 2.63. The number of morpholine rings is 1. The molecule has 0 N–H and O–H groups in total. The summed E-state index contributed by atoms with van der Waals surface area (Å²) in [6.45, 7) is 5.95. The molecule has 0 bridgehead atoms. The Kier molecular flexibility index (Phi) is 5.58. The lowest BCUT2D eigenvalue weighted by molar-refractivity contribution is -0.163. The van der Waals surface area contributed by atoms with Crippen molar-refractivity contribution in [2.24, 2.45) is 0 Å². The SMILES string of the molecule is CC1CN(C2CCN(C(=O)OCc3ccccc3)CC2)C(=O)C(C)O1. The second-order valence-corrected chi connectivity index (χ2v) is 6.84. The van der Waals surface area contributed by atoms with Crippen molar-refractivity contribution in [1.29, 1.82) is 0 Å². The number of benzene rings is 1. The second-order valence-electron chi connectivity index (χ2n) is 6.84. The number of carbonyl (C=O) groups is 2. The van der Waals surface area contributed by atoms with Gasteiger partial charge >= 0.3 is 6.09 Å². The number of likely N-dealkylation sites (tertiary alicyclic amines) is 1. The lowest BCUT2D eigenvalue weighted by Crippen LogP contribution is -2.56. The quantitative estimate of drug-likeness (QED) is 0.843. The molecule has 1 aromatic rings. The number of hydrogen-bond donors (Lipinski definition) is 0. The molecule has 2 heterocycles. The lowest BCUT2D eigenvalue weighted by atomic mass is 10.0. The van der Waals surface area contributed by atoms with E-state index >= 15 is 0 Å². The number of rotatable bonds is 3. The summed E-state index contributed by atoms with van der Waals surface area (Å²) in [5, 5.41) is 0. The predicted molar refractivity (Wildman–Crippen MR) is 92.9 cm³/mol. The normalized spacial score (nSPS) is 25.1. The van der Waals surface area contributed by atoms with Crippen LogP contribution in [0.5, 0.6) is 0 Å². The average molecular weight is 346 g/mol. The minimum atomic E-state index is -0.377. The molecule has 6 heteroatoms. The number of carbonyl (C=O) groups excluding carboxylic acids is 2. The van der Waals surface area contributed by atoms with Crippen LogP contribution < -0.4 is 0 Å². The Labute approximate surface area is 148 Å². The standard InChI is InChI=1S/C19H26N2O4/c1-14-12-21(18(22)15(2)25-14)17-8-10-20(11-9-17)19(23)24-13-16-6-4-3-5-7-16/h3-7,14-15,17H,8-13H2,1-2H3. The second kappa shape index (κ2) is 7.87. The van der Waals surface area contributed by atoms with E-state index in [-0.39, 0.29) is 36.9 Å². The van der Waals surface area contributed by atoms with Gasteiger partial charge in [-0.25, -0.2) is 4.79 Å². The first-order valence-corrected chi connectivity index (χ1v) is 8.96. The molecule has 2 unspecified atom stereocenters. The van der Waals surface area contributed by atoms with Crippen LogP contribution >= 0.6 is 0 Å². The van der Waals surface area contributed by atoms with Crippen LogP contribution in [0.4, 0.5) is 4.79 Å². The summed E-state index contributed by atoms with van der Waals surface area (Å²) in [6, 6.07) is 9.84. The smallest absolute Gasteiger partial charge is 0.410 e. The first kappa shape index (κ1) is 17.7. The van der Waals surface area contributed by atoms with Crippen molar-refractivity contribution in [3.05, 3.63) is 35.9 Å². The fourth-order valence-electron chi connectivity index (χ4n) is 3.55. The first-order chi connectivity index (χ1) is 12.0. The van der Waals surface area contributed by atoms with E-state index in [0.717, 1.165) is 18.4 Å². The summed E-state index contributed by atoms with van der Waals surface area (Å²) in [7, 11) is 0. The summed E-state index contributed by atoms with van der Waals surface area (Å²) in [4.78, 5) is 28.2. The molecule has 2 amide bonds. The molecule has 0 aromatic heterocycles. The Morgan fingerprint density at radius 3 is 2.56 bits per heavy atom. The summed E-state index contributed by atoms with van der Waals surface area (Å²) < 4.78 is 11.0. The van der Waals surface area contributed by atoms with Crippen LogP contribution in [0, 0.1) is 0 Å². The lowest BCUT2D eigenvalue weighted by Gasteiger charge is -2.43. The van der Waals surface area contributed by atoms with E-state index in [1.165, 1.54) is 0 Å². The largest absolute Gasteiger partial charge is 0.445 e. The Hall–Kier alpha value is -2.08. The maximum atomic E-state index is 12.3. The van der Waals surface area contributed by atoms with E-state index in [2.05, 4.69) is 0 Å². The zero-order valence-electron chi connectivity index (χ0n) is 14.9. The third-order valence-electron chi connectivity index (χ3n) is 4.89. The van der Waals surface area contributed by atoms with Crippen LogP contribution in [0.1, 0.15) is 32.3 Å². The molecule has 2 fully saturated rings. The van der Waals surface area contributed by atoms with Gasteiger partial charge in [-0.15, -0.1) is 0 Å². The minimum Gasteiger partial charge on any atom is -0.445 e. The molecular weight excluding hydrogens is 320 g/mol. The Balaban J connectivity index is 1.48. The Morgan fingerprint density at radius 1 is 1.20 bits per heavy atom. The Bertz CT molecular complexity index is 599. The monoisotopic (exact) mass is 346 g/mol. The minimum absolute atomic E-state index is 0.0570. The molecular formula is C19H26N2O4. The highest BCUT2D eigenvalue weighted by Gasteiger charge is 2.36. The molecule has 6 nitrogen and oxygen atoms in total. The molecule has 2 aliphatic heterocycles. The van der Waals surface area contributed by atoms with Crippen LogP contribution in [0.3, 0.4) is 0 Å². The zero-order valence-corrected chi connectivity index (χ0v) is 14.9. The van der Waals surface area contributed by atoms with Crippen LogP contribution in [-0.4, -0.2) is 59.7 Å². The van der Waals surface area contributed by atoms with E-state index in [9.17, 15) is 9.59 Å². The molecule has 2 aliphatic rings. The third kappa shape index (κ3) is 4.31. The third-order valence-corrected chi connectivity index (χ3v) is 4.89. The highest BCUT2D eigenvalue weighted by molar-refractivity contribution is 5.81. The highest BCUT2D eigenvalue weighted by atomic mass is 16.6. The van der Waals surface area contributed by atoms with Crippen molar-refractivity contribution in [3.63, 3.8) is 0 Å². The molecule has 0 saturated carbocycles. The van der Waals surface area contributed by atoms with Gasteiger partial charge in [0.05, 0.1) is 6.10 Å². The van der Waals surface area contributed by atoms with Crippen LogP contribution in [0.15, 0.2) is 30.3 Å². The summed E-state index contributed by atoms with van der Waals surface area (Å²) in [5.74, 6) is 0.0585. The topological polar surface area (TPSA) is 59.1 Å². The molecule has 1 aromatic carbocycles. The number of piperidine rings is 1. The summed E-state index contributed by atoms with van der Waals surface area (Å²) >= 11 is 0. The first-order valence-electron chi connectivity index (χ1n) is 8.96. The van der Waals surface area contributed by atoms with Gasteiger partial charge in [0.1, 0.15) is 12.7 Å². The van der Waals surface area contributed by atoms with E-state index in [1.54, 1.807) is 11.8 Å². The van der Waals surface area contributed by atoms with Gasteiger partial charge in [0.15, 0.2) is 0 Å². The van der Waals surface area contributed by atoms with Gasteiger partial charge in [-0.05, 0) is 32.3 Å². The van der Waals surface area contributed by atoms with Crippen molar-refractivity contribution in [2.75, 3.05) is 19.6 Å². The number of nitrogens with zero attached hydrogens (tertiary/aromatic N) is 2. The van der Waals surface area contributed by atoms with Gasteiger partial charge in [0.2, 0.25) is 0 Å². The van der Waals surface area contributed by atoms with Gasteiger partial charge < -0.3 is 19.3 Å². The summed E-state index contributed by atoms with van der Waals surface area (Å²) in [6.07, 6.45) is 0.966. The van der Waals surface area contributed by atoms with E-state index in [0.29, 0.717) is 19.6 Å². The van der Waals surface area contributed by atoms with Crippen molar-refractivity contribution in [2.45, 2.75) is 51.5 Å². The van der Waals surface area contributed by atoms with Crippen molar-refractivity contribution >= 4 is 12.0 Å². The number of ether oxygens (including phenoxy) is 2. The molecule has 0 aliphatic carbocycles. The van der Waals surface area contributed by atoms with Gasteiger partial charge in [-0.3, -0.25) is 4.79 Å². The number of amides is 2. The van der Waals surface area contributed by atoms with Crippen LogP contribution in [-0.2, 0) is 20.9 Å². The molecule has 2 atom stereocenters. The van der Waals surface area contributed by atoms with Crippen molar-refractivity contribution in [1.82, 2.24) is 9.80 Å². The van der Waals surface area contributed by atoms with Gasteiger partial charge in [-0.2, -0.15) is 0 Å². The Morgan fingerprint density at radius 2 is 1.88 bits per heavy atom. The van der Waals surface area contributed by atoms with E-state index in [1.807, 2.05) is 42.2 Å². The van der Waals surface area contributed by atoms with E-state index < -0.39 is 0 Å². The molecule has 0 radical (unpaired) electrons. The van der Waals surface area contributed by atoms with Gasteiger partial charge in [0.25, 0.3) is 5.91 Å². The van der Waals surface area contributed by atoms with Crippen molar-refractivity contribution in [3.8, 4) is 0 Å². The van der Waals surface area contributed by atoms with Gasteiger partial charge in [0, 0.05) is 25.7 Å². The maximum absolute atomic E-state index is 12.3. The summed E-state index contributed by atoms with van der Waals surface area (Å²) in [5.41, 5.74) is 0.979. The van der Waals surface area contributed by atoms with Gasteiger partial charge in [-0.1, -0.05) is 30.3 Å². The maximum Gasteiger partial charge on any atom is 0.410 e. The zero-order chi connectivity index (χ0) is 17.8. The molecule has 25 heavy (non-hydrogen) atoms. The van der Waals surface area contributed by atoms with Crippen molar-refractivity contribution < 1.29 is 19.1 Å². The fraction of sp³-hybridized carbons (Fsp3) is 0.579. The molecule has 3 rings (SSSR count). The van der Waals surface area contributed by atoms with Crippen LogP contribution in [0.25, 0.3) is 0 Å². The van der Waals surface area contributed by atoms with E-state index in [4.69, 9.17) is 9.47 Å². The molecule has 136 valence electrons. The molecule has 2 saturated heterocycles.